The highest BCUT2D eigenvalue weighted by atomic mass is 19.1. The molecule has 0 unspecified atom stereocenters. The molecule has 0 aliphatic heterocycles. The third kappa shape index (κ3) is 3.27. The number of aliphatic hydroxyl groups excluding tert-OH is 1. The number of amides is 1. The lowest BCUT2D eigenvalue weighted by atomic mass is 10.1. The number of carbonyl (C=O) groups excluding carboxylic acids is 1. The van der Waals surface area contributed by atoms with Gasteiger partial charge in [0.05, 0.1) is 6.10 Å². The van der Waals surface area contributed by atoms with Crippen molar-refractivity contribution in [2.45, 2.75) is 26.0 Å². The second-order valence-corrected chi connectivity index (χ2v) is 3.99. The van der Waals surface area contributed by atoms with Gasteiger partial charge >= 0.3 is 5.97 Å². The number of carboxylic acid groups (broad SMARTS) is 1. The van der Waals surface area contributed by atoms with E-state index in [0.29, 0.717) is 5.56 Å². The topological polar surface area (TPSA) is 86.6 Å². The average Bonchev–Trinajstić information content (AvgIpc) is 2.28. The lowest BCUT2D eigenvalue weighted by Gasteiger charge is -2.17. The molecule has 98 valence electrons. The highest BCUT2D eigenvalue weighted by Gasteiger charge is 2.26. The zero-order valence-electron chi connectivity index (χ0n) is 9.98. The molecule has 0 aliphatic rings. The molecule has 3 N–H and O–H groups in total. The molecule has 5 nitrogen and oxygen atoms in total. The Balaban J connectivity index is 2.94. The highest BCUT2D eigenvalue weighted by molar-refractivity contribution is 5.97. The number of hydrogen-bond donors (Lipinski definition) is 3. The molecular formula is C12H14FNO4. The van der Waals surface area contributed by atoms with Crippen molar-refractivity contribution in [2.75, 3.05) is 0 Å². The van der Waals surface area contributed by atoms with E-state index in [0.717, 1.165) is 6.07 Å². The Labute approximate surface area is 103 Å². The number of carboxylic acids is 1. The van der Waals surface area contributed by atoms with Crippen LogP contribution in [0.25, 0.3) is 0 Å². The lowest BCUT2D eigenvalue weighted by Crippen LogP contribution is -2.47. The lowest BCUT2D eigenvalue weighted by molar-refractivity contribution is -0.141. The first-order chi connectivity index (χ1) is 8.32. The quantitative estimate of drug-likeness (QED) is 0.739. The zero-order chi connectivity index (χ0) is 13.9. The van der Waals surface area contributed by atoms with Crippen LogP contribution in [0.4, 0.5) is 4.39 Å². The van der Waals surface area contributed by atoms with Gasteiger partial charge in [0.1, 0.15) is 5.82 Å². The maximum Gasteiger partial charge on any atom is 0.328 e. The van der Waals surface area contributed by atoms with Crippen LogP contribution in [-0.4, -0.2) is 34.2 Å². The summed E-state index contributed by atoms with van der Waals surface area (Å²) in [7, 11) is 0. The van der Waals surface area contributed by atoms with E-state index in [1.54, 1.807) is 6.92 Å². The molecule has 0 radical (unpaired) electrons. The minimum absolute atomic E-state index is 0.0434. The van der Waals surface area contributed by atoms with E-state index >= 15 is 0 Å². The predicted octanol–water partition coefficient (Wildman–Crippen LogP) is 0.698. The van der Waals surface area contributed by atoms with Crippen LogP contribution in [-0.2, 0) is 4.79 Å². The molecule has 0 aliphatic carbocycles. The summed E-state index contributed by atoms with van der Waals surface area (Å²) in [5, 5.41) is 20.2. The number of halogens is 1. The monoisotopic (exact) mass is 255 g/mol. The molecule has 0 heterocycles. The van der Waals surface area contributed by atoms with E-state index in [9.17, 15) is 19.1 Å². The van der Waals surface area contributed by atoms with Gasteiger partial charge in [-0.1, -0.05) is 6.07 Å². The molecule has 1 aromatic carbocycles. The molecule has 0 saturated carbocycles. The van der Waals surface area contributed by atoms with Crippen LogP contribution < -0.4 is 5.32 Å². The second kappa shape index (κ2) is 5.59. The number of hydrogen-bond acceptors (Lipinski definition) is 3. The molecule has 0 aromatic heterocycles. The number of aryl methyl sites for hydroxylation is 1. The van der Waals surface area contributed by atoms with Gasteiger partial charge in [-0.15, -0.1) is 0 Å². The van der Waals surface area contributed by atoms with Crippen LogP contribution >= 0.6 is 0 Å². The Morgan fingerprint density at radius 1 is 1.39 bits per heavy atom. The van der Waals surface area contributed by atoms with Crippen molar-refractivity contribution >= 4 is 11.9 Å². The largest absolute Gasteiger partial charge is 0.480 e. The van der Waals surface area contributed by atoms with Gasteiger partial charge < -0.3 is 15.5 Å². The van der Waals surface area contributed by atoms with E-state index in [2.05, 4.69) is 5.32 Å². The number of rotatable bonds is 4. The maximum atomic E-state index is 13.0. The molecule has 0 saturated heterocycles. The van der Waals surface area contributed by atoms with Crippen LogP contribution in [0, 0.1) is 12.7 Å². The van der Waals surface area contributed by atoms with E-state index in [1.807, 2.05) is 0 Å². The first kappa shape index (κ1) is 14.1. The summed E-state index contributed by atoms with van der Waals surface area (Å²) in [5.74, 6) is -2.68. The summed E-state index contributed by atoms with van der Waals surface area (Å²) in [6.07, 6.45) is -1.25. The fraction of sp³-hybridized carbons (Fsp3) is 0.333. The highest BCUT2D eigenvalue weighted by Crippen LogP contribution is 2.10. The molecule has 2 atom stereocenters. The van der Waals surface area contributed by atoms with E-state index < -0.39 is 29.8 Å². The minimum Gasteiger partial charge on any atom is -0.480 e. The van der Waals surface area contributed by atoms with Crippen molar-refractivity contribution in [3.05, 3.63) is 35.1 Å². The average molecular weight is 255 g/mol. The predicted molar refractivity (Wildman–Crippen MR) is 61.7 cm³/mol. The first-order valence-electron chi connectivity index (χ1n) is 5.31. The summed E-state index contributed by atoms with van der Waals surface area (Å²) < 4.78 is 13.0. The van der Waals surface area contributed by atoms with Crippen molar-refractivity contribution in [2.24, 2.45) is 0 Å². The zero-order valence-corrected chi connectivity index (χ0v) is 9.98. The third-order valence-electron chi connectivity index (χ3n) is 2.48. The fourth-order valence-electron chi connectivity index (χ4n) is 1.45. The van der Waals surface area contributed by atoms with Crippen LogP contribution in [0.2, 0.25) is 0 Å². The molecule has 0 fully saturated rings. The van der Waals surface area contributed by atoms with Gasteiger partial charge in [0.25, 0.3) is 5.91 Å². The first-order valence-corrected chi connectivity index (χ1v) is 5.31. The minimum atomic E-state index is -1.43. The summed E-state index contributed by atoms with van der Waals surface area (Å²) in [5.41, 5.74) is 0.561. The Hall–Kier alpha value is -1.95. The van der Waals surface area contributed by atoms with Crippen molar-refractivity contribution in [3.8, 4) is 0 Å². The number of aliphatic hydroxyl groups is 1. The number of carbonyl (C=O) groups is 2. The Morgan fingerprint density at radius 2 is 2.00 bits per heavy atom. The van der Waals surface area contributed by atoms with Gasteiger partial charge in [-0.2, -0.15) is 0 Å². The summed E-state index contributed by atoms with van der Waals surface area (Å²) in [6.45, 7) is 2.85. The van der Waals surface area contributed by atoms with Crippen LogP contribution in [0.5, 0.6) is 0 Å². The molecule has 0 bridgehead atoms. The van der Waals surface area contributed by atoms with Crippen molar-refractivity contribution in [1.29, 1.82) is 0 Å². The van der Waals surface area contributed by atoms with Crippen molar-refractivity contribution < 1.29 is 24.2 Å². The van der Waals surface area contributed by atoms with E-state index in [1.165, 1.54) is 19.1 Å². The third-order valence-corrected chi connectivity index (χ3v) is 2.48. The number of aliphatic carboxylic acids is 1. The molecular weight excluding hydrogens is 241 g/mol. The molecule has 6 heteroatoms. The summed E-state index contributed by atoms with van der Waals surface area (Å²) in [4.78, 5) is 22.6. The van der Waals surface area contributed by atoms with Gasteiger partial charge in [-0.05, 0) is 31.5 Å². The smallest absolute Gasteiger partial charge is 0.328 e. The fourth-order valence-corrected chi connectivity index (χ4v) is 1.45. The van der Waals surface area contributed by atoms with Crippen LogP contribution in [0.3, 0.4) is 0 Å². The SMILES string of the molecule is Cc1ccc(F)cc1C(=O)N[C@H](C(=O)O)[C@@H](C)O. The van der Waals surface area contributed by atoms with Gasteiger partial charge in [-0.25, -0.2) is 9.18 Å². The molecule has 18 heavy (non-hydrogen) atoms. The van der Waals surface area contributed by atoms with Gasteiger partial charge in [0.2, 0.25) is 0 Å². The molecule has 1 aromatic rings. The molecule has 1 amide bonds. The van der Waals surface area contributed by atoms with Crippen molar-refractivity contribution in [3.63, 3.8) is 0 Å². The van der Waals surface area contributed by atoms with E-state index in [-0.39, 0.29) is 5.56 Å². The van der Waals surface area contributed by atoms with E-state index in [4.69, 9.17) is 5.11 Å². The Bertz CT molecular complexity index is 473. The molecule has 0 spiro atoms. The number of benzene rings is 1. The molecule has 1 rings (SSSR count). The van der Waals surface area contributed by atoms with Crippen LogP contribution in [0.1, 0.15) is 22.8 Å². The Kier molecular flexibility index (Phi) is 4.38. The van der Waals surface area contributed by atoms with Gasteiger partial charge in [0, 0.05) is 5.56 Å². The van der Waals surface area contributed by atoms with Crippen molar-refractivity contribution in [1.82, 2.24) is 5.32 Å². The standard InChI is InChI=1S/C12H14FNO4/c1-6-3-4-8(13)5-9(6)11(16)14-10(7(2)15)12(17)18/h3-5,7,10,15H,1-2H3,(H,14,16)(H,17,18)/t7-,10+/m1/s1. The maximum absolute atomic E-state index is 13.0. The van der Waals surface area contributed by atoms with Gasteiger partial charge in [0.15, 0.2) is 6.04 Å². The summed E-state index contributed by atoms with van der Waals surface area (Å²) >= 11 is 0. The number of nitrogens with one attached hydrogen (secondary N) is 1. The second-order valence-electron chi connectivity index (χ2n) is 3.99. The van der Waals surface area contributed by atoms with Crippen LogP contribution in [0.15, 0.2) is 18.2 Å². The normalized spacial score (nSPS) is 13.8. The van der Waals surface area contributed by atoms with Gasteiger partial charge in [-0.3, -0.25) is 4.79 Å². The summed E-state index contributed by atoms with van der Waals surface area (Å²) in [6, 6.07) is 2.21. The Morgan fingerprint density at radius 3 is 2.50 bits per heavy atom.